The van der Waals surface area contributed by atoms with E-state index in [4.69, 9.17) is 4.74 Å². The third-order valence-electron chi connectivity index (χ3n) is 4.46. The van der Waals surface area contributed by atoms with Crippen LogP contribution in [0.5, 0.6) is 11.5 Å². The monoisotopic (exact) mass is 377 g/mol. The van der Waals surface area contributed by atoms with Gasteiger partial charge in [0.25, 0.3) is 5.91 Å². The van der Waals surface area contributed by atoms with E-state index in [1.54, 1.807) is 19.2 Å². The molecule has 0 aliphatic rings. The van der Waals surface area contributed by atoms with E-state index in [2.05, 4.69) is 15.8 Å². The number of methoxy groups -OCH3 is 1. The molecular weight excluding hydrogens is 354 g/mol. The molecule has 6 nitrogen and oxygen atoms in total. The summed E-state index contributed by atoms with van der Waals surface area (Å²) in [5.41, 5.74) is 3.88. The summed E-state index contributed by atoms with van der Waals surface area (Å²) < 4.78 is 5.12. The Labute approximate surface area is 163 Å². The molecule has 3 aromatic rings. The van der Waals surface area contributed by atoms with Crippen molar-refractivity contribution in [1.82, 2.24) is 5.43 Å². The molecule has 0 saturated heterocycles. The summed E-state index contributed by atoms with van der Waals surface area (Å²) in [4.78, 5) is 12.5. The lowest BCUT2D eigenvalue weighted by Gasteiger charge is -2.18. The van der Waals surface area contributed by atoms with Crippen LogP contribution in [0.4, 0.5) is 5.69 Å². The molecule has 0 fully saturated rings. The first kappa shape index (κ1) is 19.2. The zero-order chi connectivity index (χ0) is 19.9. The van der Waals surface area contributed by atoms with Gasteiger partial charge >= 0.3 is 0 Å². The summed E-state index contributed by atoms with van der Waals surface area (Å²) in [5.74, 6) is 0.392. The number of nitrogens with zero attached hydrogens (tertiary/aromatic N) is 1. The molecule has 144 valence electrons. The molecule has 3 aromatic carbocycles. The van der Waals surface area contributed by atoms with Gasteiger partial charge in [-0.1, -0.05) is 43.3 Å². The number of anilines is 1. The molecule has 0 heterocycles. The fraction of sp³-hybridized carbons (Fsp3) is 0.182. The van der Waals surface area contributed by atoms with Crippen molar-refractivity contribution in [1.29, 1.82) is 0 Å². The van der Waals surface area contributed by atoms with Crippen molar-refractivity contribution in [3.8, 4) is 11.5 Å². The maximum Gasteiger partial charge on any atom is 0.262 e. The largest absolute Gasteiger partial charge is 0.507 e. The van der Waals surface area contributed by atoms with E-state index < -0.39 is 6.04 Å². The highest BCUT2D eigenvalue weighted by molar-refractivity contribution is 5.96. The molecule has 1 atom stereocenters. The van der Waals surface area contributed by atoms with Crippen molar-refractivity contribution >= 4 is 28.6 Å². The van der Waals surface area contributed by atoms with Crippen LogP contribution in [0.1, 0.15) is 18.9 Å². The molecule has 1 amide bonds. The fourth-order valence-corrected chi connectivity index (χ4v) is 2.90. The summed E-state index contributed by atoms with van der Waals surface area (Å²) in [6, 6.07) is 18.3. The second-order valence-corrected chi connectivity index (χ2v) is 6.29. The van der Waals surface area contributed by atoms with Crippen LogP contribution < -0.4 is 15.5 Å². The number of hydrogen-bond donors (Lipinski definition) is 3. The summed E-state index contributed by atoms with van der Waals surface area (Å²) in [5, 5.41) is 19.3. The van der Waals surface area contributed by atoms with Crippen molar-refractivity contribution in [2.24, 2.45) is 5.10 Å². The average molecular weight is 377 g/mol. The highest BCUT2D eigenvalue weighted by atomic mass is 16.5. The quantitative estimate of drug-likeness (QED) is 0.431. The lowest BCUT2D eigenvalue weighted by Crippen LogP contribution is -2.36. The molecule has 0 aliphatic heterocycles. The number of benzene rings is 3. The summed E-state index contributed by atoms with van der Waals surface area (Å²) >= 11 is 0. The number of hydrazone groups is 1. The molecule has 0 saturated carbocycles. The number of carbonyl (C=O) groups is 1. The molecule has 0 bridgehead atoms. The van der Waals surface area contributed by atoms with E-state index in [0.29, 0.717) is 17.7 Å². The smallest absolute Gasteiger partial charge is 0.262 e. The molecule has 0 spiro atoms. The number of phenols is 1. The fourth-order valence-electron chi connectivity index (χ4n) is 2.90. The first-order valence-electron chi connectivity index (χ1n) is 9.06. The topological polar surface area (TPSA) is 83.0 Å². The van der Waals surface area contributed by atoms with Gasteiger partial charge < -0.3 is 15.2 Å². The maximum absolute atomic E-state index is 12.5. The number of carbonyl (C=O) groups excluding carboxylic acids is 1. The van der Waals surface area contributed by atoms with Gasteiger partial charge in [0.2, 0.25) is 0 Å². The minimum absolute atomic E-state index is 0.0553. The Hall–Kier alpha value is -3.54. The molecule has 6 heteroatoms. The van der Waals surface area contributed by atoms with Crippen molar-refractivity contribution < 1.29 is 14.6 Å². The van der Waals surface area contributed by atoms with Crippen molar-refractivity contribution in [3.05, 3.63) is 66.2 Å². The van der Waals surface area contributed by atoms with Gasteiger partial charge in [-0.2, -0.15) is 5.10 Å². The second-order valence-electron chi connectivity index (χ2n) is 6.29. The van der Waals surface area contributed by atoms with Crippen LogP contribution in [0.2, 0.25) is 0 Å². The first-order valence-corrected chi connectivity index (χ1v) is 9.06. The third kappa shape index (κ3) is 4.40. The van der Waals surface area contributed by atoms with Crippen molar-refractivity contribution in [2.45, 2.75) is 19.4 Å². The number of aromatic hydroxyl groups is 1. The van der Waals surface area contributed by atoms with Gasteiger partial charge in [0.05, 0.1) is 13.3 Å². The molecule has 3 rings (SSSR count). The lowest BCUT2D eigenvalue weighted by atomic mass is 10.1. The molecule has 0 radical (unpaired) electrons. The van der Waals surface area contributed by atoms with Gasteiger partial charge in [-0.25, -0.2) is 5.43 Å². The predicted molar refractivity (Wildman–Crippen MR) is 112 cm³/mol. The third-order valence-corrected chi connectivity index (χ3v) is 4.46. The molecule has 1 unspecified atom stereocenters. The molecule has 0 aliphatic carbocycles. The van der Waals surface area contributed by atoms with Crippen molar-refractivity contribution in [2.75, 3.05) is 12.4 Å². The van der Waals surface area contributed by atoms with Crippen molar-refractivity contribution in [3.63, 3.8) is 0 Å². The molecular formula is C22H23N3O3. The van der Waals surface area contributed by atoms with Gasteiger partial charge in [-0.15, -0.1) is 0 Å². The van der Waals surface area contributed by atoms with E-state index in [9.17, 15) is 9.90 Å². The average Bonchev–Trinajstić information content (AvgIpc) is 2.73. The lowest BCUT2D eigenvalue weighted by molar-refractivity contribution is -0.121. The minimum Gasteiger partial charge on any atom is -0.507 e. The SMILES string of the molecule is CCC(Nc1cccc2ccccc12)C(=O)NN=Cc1cc(OC)ccc1O. The van der Waals surface area contributed by atoms with Gasteiger partial charge in [0, 0.05) is 16.6 Å². The summed E-state index contributed by atoms with van der Waals surface area (Å²) in [6.45, 7) is 1.93. The molecule has 3 N–H and O–H groups in total. The highest BCUT2D eigenvalue weighted by Gasteiger charge is 2.16. The minimum atomic E-state index is -0.443. The number of rotatable bonds is 7. The van der Waals surface area contributed by atoms with Crippen LogP contribution in [-0.4, -0.2) is 30.4 Å². The van der Waals surface area contributed by atoms with Crippen LogP contribution in [0.25, 0.3) is 10.8 Å². The van der Waals surface area contributed by atoms with Crippen LogP contribution >= 0.6 is 0 Å². The Kier molecular flexibility index (Phi) is 6.11. The van der Waals surface area contributed by atoms with E-state index >= 15 is 0 Å². The maximum atomic E-state index is 12.5. The Bertz CT molecular complexity index is 996. The Morgan fingerprint density at radius 2 is 1.96 bits per heavy atom. The predicted octanol–water partition coefficient (Wildman–Crippen LogP) is 3.89. The Morgan fingerprint density at radius 3 is 2.75 bits per heavy atom. The first-order chi connectivity index (χ1) is 13.6. The van der Waals surface area contributed by atoms with Crippen LogP contribution in [0.3, 0.4) is 0 Å². The normalized spacial score (nSPS) is 12.1. The number of amides is 1. The molecule has 0 aromatic heterocycles. The second kappa shape index (κ2) is 8.90. The van der Waals surface area contributed by atoms with E-state index in [1.165, 1.54) is 12.3 Å². The number of nitrogens with one attached hydrogen (secondary N) is 2. The summed E-state index contributed by atoms with van der Waals surface area (Å²) in [7, 11) is 1.54. The van der Waals surface area contributed by atoms with Crippen LogP contribution in [-0.2, 0) is 4.79 Å². The number of hydrogen-bond acceptors (Lipinski definition) is 5. The number of phenolic OH excluding ortho intramolecular Hbond substituents is 1. The van der Waals surface area contributed by atoms with E-state index in [1.807, 2.05) is 49.4 Å². The Balaban J connectivity index is 1.70. The zero-order valence-electron chi connectivity index (χ0n) is 15.8. The zero-order valence-corrected chi connectivity index (χ0v) is 15.8. The van der Waals surface area contributed by atoms with Crippen LogP contribution in [0, 0.1) is 0 Å². The van der Waals surface area contributed by atoms with Gasteiger partial charge in [0.1, 0.15) is 17.5 Å². The standard InChI is InChI=1S/C22H23N3O3/c1-3-19(24-20-10-6-8-15-7-4-5-9-18(15)20)22(27)25-23-14-16-13-17(28-2)11-12-21(16)26/h4-14,19,24,26H,3H2,1-2H3,(H,25,27). The van der Waals surface area contributed by atoms with E-state index in [-0.39, 0.29) is 11.7 Å². The number of fused-ring (bicyclic) bond motifs is 1. The van der Waals surface area contributed by atoms with Gasteiger partial charge in [0.15, 0.2) is 0 Å². The van der Waals surface area contributed by atoms with Crippen LogP contribution in [0.15, 0.2) is 65.8 Å². The van der Waals surface area contributed by atoms with E-state index in [0.717, 1.165) is 16.5 Å². The van der Waals surface area contributed by atoms with Gasteiger partial charge in [-0.3, -0.25) is 4.79 Å². The van der Waals surface area contributed by atoms with Gasteiger partial charge in [-0.05, 0) is 36.1 Å². The highest BCUT2D eigenvalue weighted by Crippen LogP contribution is 2.24. The summed E-state index contributed by atoms with van der Waals surface area (Å²) in [6.07, 6.45) is 1.98. The Morgan fingerprint density at radius 1 is 1.18 bits per heavy atom. The number of ether oxygens (including phenoxy) is 1. The molecule has 28 heavy (non-hydrogen) atoms.